The predicted octanol–water partition coefficient (Wildman–Crippen LogP) is 5.81. The highest BCUT2D eigenvalue weighted by Crippen LogP contribution is 2.28. The molecule has 30 heavy (non-hydrogen) atoms. The smallest absolute Gasteiger partial charge is 0.303 e. The first-order valence-corrected chi connectivity index (χ1v) is 11.0. The molecule has 0 saturated carbocycles. The molecular weight excluding hydrogens is 396 g/mol. The number of carboxylic acids is 1. The molecule has 0 unspecified atom stereocenters. The lowest BCUT2D eigenvalue weighted by Gasteiger charge is -2.07. The van der Waals surface area contributed by atoms with Gasteiger partial charge in [-0.15, -0.1) is 11.3 Å². The first-order valence-electron chi connectivity index (χ1n) is 10.2. The summed E-state index contributed by atoms with van der Waals surface area (Å²) in [5, 5.41) is 12.5. The molecule has 0 aliphatic rings. The predicted molar refractivity (Wildman–Crippen MR) is 121 cm³/mol. The van der Waals surface area contributed by atoms with Crippen LogP contribution < -0.4 is 5.32 Å². The zero-order valence-corrected chi connectivity index (χ0v) is 17.9. The number of benzene rings is 2. The Kier molecular flexibility index (Phi) is 7.74. The number of anilines is 1. The van der Waals surface area contributed by atoms with E-state index in [9.17, 15) is 9.59 Å². The number of carbonyl (C=O) groups excluding carboxylic acids is 1. The highest BCUT2D eigenvalue weighted by atomic mass is 32.1. The van der Waals surface area contributed by atoms with E-state index in [0.29, 0.717) is 12.0 Å². The van der Waals surface area contributed by atoms with Crippen LogP contribution in [0.2, 0.25) is 0 Å². The summed E-state index contributed by atoms with van der Waals surface area (Å²) in [4.78, 5) is 28.5. The Morgan fingerprint density at radius 1 is 1.00 bits per heavy atom. The van der Waals surface area contributed by atoms with E-state index in [0.717, 1.165) is 27.6 Å². The molecule has 0 atom stereocenters. The van der Waals surface area contributed by atoms with Crippen LogP contribution in [-0.4, -0.2) is 22.0 Å². The number of carbonyl (C=O) groups is 2. The zero-order valence-electron chi connectivity index (χ0n) is 17.1. The van der Waals surface area contributed by atoms with Gasteiger partial charge in [0.05, 0.1) is 16.3 Å². The molecule has 0 fully saturated rings. The van der Waals surface area contributed by atoms with Crippen molar-refractivity contribution in [2.75, 3.05) is 5.32 Å². The van der Waals surface area contributed by atoms with E-state index in [-0.39, 0.29) is 12.3 Å². The lowest BCUT2D eigenvalue weighted by atomic mass is 10.1. The van der Waals surface area contributed by atoms with Gasteiger partial charge < -0.3 is 10.4 Å². The molecule has 3 rings (SSSR count). The molecule has 0 bridgehead atoms. The molecule has 1 heterocycles. The van der Waals surface area contributed by atoms with E-state index in [1.807, 2.05) is 48.5 Å². The number of aromatic nitrogens is 1. The van der Waals surface area contributed by atoms with Crippen molar-refractivity contribution in [2.45, 2.75) is 45.4 Å². The van der Waals surface area contributed by atoms with Crippen LogP contribution in [-0.2, 0) is 17.6 Å². The Morgan fingerprint density at radius 3 is 2.40 bits per heavy atom. The molecule has 3 aromatic rings. The van der Waals surface area contributed by atoms with E-state index in [2.05, 4.69) is 17.2 Å². The van der Waals surface area contributed by atoms with Crippen LogP contribution in [0.5, 0.6) is 0 Å². The van der Waals surface area contributed by atoms with Crippen molar-refractivity contribution >= 4 is 28.9 Å². The topological polar surface area (TPSA) is 79.3 Å². The number of amides is 1. The second-order valence-corrected chi connectivity index (χ2v) is 8.31. The van der Waals surface area contributed by atoms with Gasteiger partial charge in [0, 0.05) is 23.9 Å². The summed E-state index contributed by atoms with van der Waals surface area (Å²) < 4.78 is 0. The minimum Gasteiger partial charge on any atom is -0.481 e. The van der Waals surface area contributed by atoms with Crippen LogP contribution in [0.1, 0.15) is 53.5 Å². The first kappa shape index (κ1) is 21.7. The van der Waals surface area contributed by atoms with Gasteiger partial charge in [-0.25, -0.2) is 4.98 Å². The number of nitrogens with one attached hydrogen (secondary N) is 1. The zero-order chi connectivity index (χ0) is 21.3. The molecular formula is C24H26N2O3S. The van der Waals surface area contributed by atoms with E-state index >= 15 is 0 Å². The summed E-state index contributed by atoms with van der Waals surface area (Å²) in [7, 11) is 0. The summed E-state index contributed by atoms with van der Waals surface area (Å²) >= 11 is 1.49. The Morgan fingerprint density at radius 2 is 1.73 bits per heavy atom. The van der Waals surface area contributed by atoms with Crippen molar-refractivity contribution in [3.05, 3.63) is 70.9 Å². The van der Waals surface area contributed by atoms with E-state index in [4.69, 9.17) is 5.11 Å². The van der Waals surface area contributed by atoms with Crippen molar-refractivity contribution in [1.82, 2.24) is 4.98 Å². The molecule has 2 aromatic carbocycles. The third kappa shape index (κ3) is 6.26. The van der Waals surface area contributed by atoms with Crippen LogP contribution in [0.25, 0.3) is 10.4 Å². The number of unbranched alkanes of at least 4 members (excludes halogenated alkanes) is 2. The fraction of sp³-hybridized carbons (Fsp3) is 0.292. The Hall–Kier alpha value is -2.99. The van der Waals surface area contributed by atoms with Gasteiger partial charge in [-0.1, -0.05) is 44.0 Å². The monoisotopic (exact) mass is 422 g/mol. The van der Waals surface area contributed by atoms with E-state index < -0.39 is 5.97 Å². The molecule has 0 aliphatic heterocycles. The highest BCUT2D eigenvalue weighted by Gasteiger charge is 2.09. The number of hydrogen-bond acceptors (Lipinski definition) is 4. The lowest BCUT2D eigenvalue weighted by Crippen LogP contribution is -2.11. The molecule has 1 aromatic heterocycles. The summed E-state index contributed by atoms with van der Waals surface area (Å²) in [6.45, 7) is 2.19. The van der Waals surface area contributed by atoms with Crippen LogP contribution in [0, 0.1) is 0 Å². The number of hydrogen-bond donors (Lipinski definition) is 2. The third-order valence-electron chi connectivity index (χ3n) is 4.82. The molecule has 0 saturated heterocycles. The van der Waals surface area contributed by atoms with E-state index in [1.165, 1.54) is 36.2 Å². The molecule has 156 valence electrons. The maximum Gasteiger partial charge on any atom is 0.303 e. The van der Waals surface area contributed by atoms with Gasteiger partial charge in [0.25, 0.3) is 5.91 Å². The minimum atomic E-state index is -0.821. The average Bonchev–Trinajstić information content (AvgIpc) is 3.22. The minimum absolute atomic E-state index is 0.0810. The summed E-state index contributed by atoms with van der Waals surface area (Å²) in [5.74, 6) is -0.949. The second kappa shape index (κ2) is 10.7. The Bertz CT molecular complexity index is 978. The van der Waals surface area contributed by atoms with Gasteiger partial charge in [-0.05, 0) is 48.2 Å². The number of rotatable bonds is 10. The van der Waals surface area contributed by atoms with Crippen LogP contribution in [0.4, 0.5) is 5.69 Å². The fourth-order valence-electron chi connectivity index (χ4n) is 3.10. The third-order valence-corrected chi connectivity index (χ3v) is 5.92. The second-order valence-electron chi connectivity index (χ2n) is 7.20. The maximum atomic E-state index is 12.5. The van der Waals surface area contributed by atoms with Gasteiger partial charge >= 0.3 is 5.97 Å². The molecule has 6 heteroatoms. The number of nitrogens with zero attached hydrogens (tertiary/aromatic N) is 1. The van der Waals surface area contributed by atoms with Crippen molar-refractivity contribution in [3.63, 3.8) is 0 Å². The first-order chi connectivity index (χ1) is 14.5. The SMILES string of the molecule is CCCCCc1ccc(C(=O)Nc2ccc(-c3cnc(CCC(=O)O)s3)cc2)cc1. The van der Waals surface area contributed by atoms with Gasteiger partial charge in [0.1, 0.15) is 0 Å². The summed E-state index contributed by atoms with van der Waals surface area (Å²) in [6.07, 6.45) is 6.93. The molecule has 0 radical (unpaired) electrons. The number of thiazole rings is 1. The van der Waals surface area contributed by atoms with Crippen molar-refractivity contribution in [1.29, 1.82) is 0 Å². The number of carboxylic acid groups (broad SMARTS) is 1. The van der Waals surface area contributed by atoms with Crippen molar-refractivity contribution in [2.24, 2.45) is 0 Å². The van der Waals surface area contributed by atoms with Crippen molar-refractivity contribution < 1.29 is 14.7 Å². The molecule has 0 spiro atoms. The Balaban J connectivity index is 1.57. The Labute approximate surface area is 180 Å². The van der Waals surface area contributed by atoms with Crippen LogP contribution in [0.3, 0.4) is 0 Å². The van der Waals surface area contributed by atoms with Crippen LogP contribution >= 0.6 is 11.3 Å². The largest absolute Gasteiger partial charge is 0.481 e. The summed E-state index contributed by atoms with van der Waals surface area (Å²) in [6, 6.07) is 15.4. The normalized spacial score (nSPS) is 10.7. The van der Waals surface area contributed by atoms with Crippen molar-refractivity contribution in [3.8, 4) is 10.4 Å². The van der Waals surface area contributed by atoms with Gasteiger partial charge in [0.15, 0.2) is 0 Å². The van der Waals surface area contributed by atoms with E-state index in [1.54, 1.807) is 6.20 Å². The van der Waals surface area contributed by atoms with Gasteiger partial charge in [-0.2, -0.15) is 0 Å². The lowest BCUT2D eigenvalue weighted by molar-refractivity contribution is -0.136. The molecule has 1 amide bonds. The summed E-state index contributed by atoms with van der Waals surface area (Å²) in [5.41, 5.74) is 3.62. The molecule has 5 nitrogen and oxygen atoms in total. The number of aliphatic carboxylic acids is 1. The number of aryl methyl sites for hydroxylation is 2. The molecule has 0 aliphatic carbocycles. The fourth-order valence-corrected chi connectivity index (χ4v) is 4.02. The average molecular weight is 423 g/mol. The maximum absolute atomic E-state index is 12.5. The van der Waals surface area contributed by atoms with Gasteiger partial charge in [-0.3, -0.25) is 9.59 Å². The molecule has 2 N–H and O–H groups in total. The standard InChI is InChI=1S/C24H26N2O3S/c1-2-3-4-5-17-6-8-19(9-7-17)24(29)26-20-12-10-18(11-13-20)21-16-25-22(30-21)14-15-23(27)28/h6-13,16H,2-5,14-15H2,1H3,(H,26,29)(H,27,28). The van der Waals surface area contributed by atoms with Gasteiger partial charge in [0.2, 0.25) is 0 Å². The quantitative estimate of drug-likeness (QED) is 0.404. The highest BCUT2D eigenvalue weighted by molar-refractivity contribution is 7.15. The van der Waals surface area contributed by atoms with Crippen LogP contribution in [0.15, 0.2) is 54.7 Å².